The van der Waals surface area contributed by atoms with Gasteiger partial charge >= 0.3 is 0 Å². The topological polar surface area (TPSA) is 55.1 Å². The number of rotatable bonds is 2. The van der Waals surface area contributed by atoms with Gasteiger partial charge in [-0.05, 0) is 68.3 Å². The van der Waals surface area contributed by atoms with E-state index in [9.17, 15) is 9.18 Å². The molecule has 3 nitrogen and oxygen atoms in total. The van der Waals surface area contributed by atoms with Crippen molar-refractivity contribution in [2.75, 3.05) is 11.1 Å². The minimum atomic E-state index is -0.466. The Labute approximate surface area is 126 Å². The number of nitrogen functional groups attached to an aromatic ring is 1. The number of hydrogen-bond acceptors (Lipinski definition) is 2. The van der Waals surface area contributed by atoms with Crippen molar-refractivity contribution >= 4 is 49.1 Å². The molecule has 2 rings (SSSR count). The summed E-state index contributed by atoms with van der Waals surface area (Å²) in [6, 6.07) is 8.96. The maximum absolute atomic E-state index is 13.1. The van der Waals surface area contributed by atoms with Gasteiger partial charge in [0.05, 0.1) is 5.56 Å². The number of amides is 1. The molecule has 0 aliphatic rings. The molecular weight excluding hydrogens is 379 g/mol. The highest BCUT2D eigenvalue weighted by molar-refractivity contribution is 9.11. The van der Waals surface area contributed by atoms with E-state index in [0.717, 1.165) is 0 Å². The highest BCUT2D eigenvalue weighted by Gasteiger charge is 2.11. The largest absolute Gasteiger partial charge is 0.398 e. The Kier molecular flexibility index (Phi) is 4.21. The SMILES string of the molecule is Nc1ccc(NC(=O)c2cc(F)ccc2Br)cc1Br. The van der Waals surface area contributed by atoms with Crippen molar-refractivity contribution in [2.45, 2.75) is 0 Å². The number of nitrogens with two attached hydrogens (primary N) is 1. The maximum Gasteiger partial charge on any atom is 0.256 e. The quantitative estimate of drug-likeness (QED) is 0.759. The molecule has 3 N–H and O–H groups in total. The number of nitrogens with one attached hydrogen (secondary N) is 1. The average Bonchev–Trinajstić information content (AvgIpc) is 2.36. The minimum absolute atomic E-state index is 0.230. The van der Waals surface area contributed by atoms with Crippen LogP contribution in [0.15, 0.2) is 45.3 Å². The van der Waals surface area contributed by atoms with Crippen LogP contribution in [0.4, 0.5) is 15.8 Å². The summed E-state index contributed by atoms with van der Waals surface area (Å²) in [5.74, 6) is -0.866. The summed E-state index contributed by atoms with van der Waals surface area (Å²) in [7, 11) is 0. The molecule has 1 amide bonds. The Morgan fingerprint density at radius 2 is 1.84 bits per heavy atom. The molecule has 98 valence electrons. The molecule has 19 heavy (non-hydrogen) atoms. The van der Waals surface area contributed by atoms with Gasteiger partial charge in [-0.25, -0.2) is 4.39 Å². The highest BCUT2D eigenvalue weighted by atomic mass is 79.9. The molecule has 0 saturated carbocycles. The summed E-state index contributed by atoms with van der Waals surface area (Å²) in [4.78, 5) is 12.0. The van der Waals surface area contributed by atoms with E-state index in [1.54, 1.807) is 18.2 Å². The zero-order valence-electron chi connectivity index (χ0n) is 9.58. The van der Waals surface area contributed by atoms with E-state index in [-0.39, 0.29) is 5.56 Å². The second-order valence-corrected chi connectivity index (χ2v) is 5.52. The second-order valence-electron chi connectivity index (χ2n) is 3.81. The molecule has 2 aromatic rings. The summed E-state index contributed by atoms with van der Waals surface area (Å²) in [6.45, 7) is 0. The van der Waals surface area contributed by atoms with Gasteiger partial charge in [-0.1, -0.05) is 0 Å². The summed E-state index contributed by atoms with van der Waals surface area (Å²) < 4.78 is 14.4. The van der Waals surface area contributed by atoms with Crippen LogP contribution in [0, 0.1) is 5.82 Å². The zero-order chi connectivity index (χ0) is 14.0. The molecule has 6 heteroatoms. The fourth-order valence-corrected chi connectivity index (χ4v) is 2.28. The highest BCUT2D eigenvalue weighted by Crippen LogP contribution is 2.24. The third-order valence-corrected chi connectivity index (χ3v) is 3.81. The lowest BCUT2D eigenvalue weighted by molar-refractivity contribution is 0.102. The molecular formula is C13H9Br2FN2O. The zero-order valence-corrected chi connectivity index (χ0v) is 12.8. The van der Waals surface area contributed by atoms with Crippen molar-refractivity contribution in [3.8, 4) is 0 Å². The number of halogens is 3. The van der Waals surface area contributed by atoms with Crippen molar-refractivity contribution < 1.29 is 9.18 Å². The van der Waals surface area contributed by atoms with Gasteiger partial charge in [0.15, 0.2) is 0 Å². The fraction of sp³-hybridized carbons (Fsp3) is 0. The number of hydrogen-bond donors (Lipinski definition) is 2. The summed E-state index contributed by atoms with van der Waals surface area (Å²) in [6.07, 6.45) is 0. The van der Waals surface area contributed by atoms with Gasteiger partial charge < -0.3 is 11.1 Å². The Morgan fingerprint density at radius 3 is 2.53 bits per heavy atom. The number of carbonyl (C=O) groups excluding carboxylic acids is 1. The van der Waals surface area contributed by atoms with Crippen LogP contribution in [0.3, 0.4) is 0 Å². The Bertz CT molecular complexity index is 647. The van der Waals surface area contributed by atoms with E-state index >= 15 is 0 Å². The molecule has 0 unspecified atom stereocenters. The smallest absolute Gasteiger partial charge is 0.256 e. The van der Waals surface area contributed by atoms with Crippen LogP contribution < -0.4 is 11.1 Å². The lowest BCUT2D eigenvalue weighted by Crippen LogP contribution is -2.13. The minimum Gasteiger partial charge on any atom is -0.398 e. The molecule has 0 atom stereocenters. The Balaban J connectivity index is 2.25. The molecule has 0 fully saturated rings. The summed E-state index contributed by atoms with van der Waals surface area (Å²) >= 11 is 6.49. The molecule has 2 aromatic carbocycles. The van der Waals surface area contributed by atoms with Gasteiger partial charge in [0.25, 0.3) is 5.91 Å². The van der Waals surface area contributed by atoms with Crippen LogP contribution in [0.1, 0.15) is 10.4 Å². The van der Waals surface area contributed by atoms with Crippen molar-refractivity contribution in [2.24, 2.45) is 0 Å². The molecule has 0 radical (unpaired) electrons. The first-order valence-corrected chi connectivity index (χ1v) is 6.87. The van der Waals surface area contributed by atoms with Crippen molar-refractivity contribution in [3.05, 3.63) is 56.7 Å². The predicted molar refractivity (Wildman–Crippen MR) is 80.6 cm³/mol. The summed E-state index contributed by atoms with van der Waals surface area (Å²) in [5, 5.41) is 2.67. The van der Waals surface area contributed by atoms with Crippen LogP contribution in [-0.2, 0) is 0 Å². The number of anilines is 2. The number of carbonyl (C=O) groups is 1. The van der Waals surface area contributed by atoms with Gasteiger partial charge in [0.1, 0.15) is 5.82 Å². The van der Waals surface area contributed by atoms with E-state index < -0.39 is 11.7 Å². The fourth-order valence-electron chi connectivity index (χ4n) is 1.47. The number of benzene rings is 2. The Hall–Kier alpha value is -1.40. The van der Waals surface area contributed by atoms with Gasteiger partial charge in [-0.2, -0.15) is 0 Å². The summed E-state index contributed by atoms with van der Waals surface area (Å²) in [5.41, 5.74) is 7.03. The van der Waals surface area contributed by atoms with Crippen LogP contribution in [0.25, 0.3) is 0 Å². The van der Waals surface area contributed by atoms with Crippen LogP contribution in [0.5, 0.6) is 0 Å². The normalized spacial score (nSPS) is 10.3. The molecule has 0 spiro atoms. The average molecular weight is 388 g/mol. The molecule has 0 bridgehead atoms. The third-order valence-electron chi connectivity index (χ3n) is 2.43. The van der Waals surface area contributed by atoms with Crippen molar-refractivity contribution in [1.82, 2.24) is 0 Å². The lowest BCUT2D eigenvalue weighted by atomic mass is 10.2. The van der Waals surface area contributed by atoms with E-state index in [0.29, 0.717) is 20.3 Å². The first-order valence-electron chi connectivity index (χ1n) is 5.29. The molecule has 0 aromatic heterocycles. The monoisotopic (exact) mass is 386 g/mol. The first-order chi connectivity index (χ1) is 8.97. The van der Waals surface area contributed by atoms with Crippen LogP contribution >= 0.6 is 31.9 Å². The standard InChI is InChI=1S/C13H9Br2FN2O/c14-10-3-1-7(16)5-9(10)13(19)18-8-2-4-12(17)11(15)6-8/h1-6H,17H2,(H,18,19). The van der Waals surface area contributed by atoms with E-state index in [1.165, 1.54) is 18.2 Å². The van der Waals surface area contributed by atoms with Gasteiger partial charge in [0, 0.05) is 20.3 Å². The van der Waals surface area contributed by atoms with Crippen molar-refractivity contribution in [3.63, 3.8) is 0 Å². The van der Waals surface area contributed by atoms with Crippen LogP contribution in [0.2, 0.25) is 0 Å². The Morgan fingerprint density at radius 1 is 1.11 bits per heavy atom. The molecule has 0 aliphatic carbocycles. The van der Waals surface area contributed by atoms with Crippen LogP contribution in [-0.4, -0.2) is 5.91 Å². The van der Waals surface area contributed by atoms with Gasteiger partial charge in [-0.15, -0.1) is 0 Å². The maximum atomic E-state index is 13.1. The predicted octanol–water partition coefficient (Wildman–Crippen LogP) is 4.19. The second kappa shape index (κ2) is 5.71. The van der Waals surface area contributed by atoms with E-state index in [4.69, 9.17) is 5.73 Å². The van der Waals surface area contributed by atoms with Gasteiger partial charge in [0.2, 0.25) is 0 Å². The van der Waals surface area contributed by atoms with E-state index in [1.807, 2.05) is 0 Å². The molecule has 0 heterocycles. The molecule has 0 saturated heterocycles. The van der Waals surface area contributed by atoms with E-state index in [2.05, 4.69) is 37.2 Å². The third kappa shape index (κ3) is 3.33. The lowest BCUT2D eigenvalue weighted by Gasteiger charge is -2.08. The first kappa shape index (κ1) is 14.0. The van der Waals surface area contributed by atoms with Crippen molar-refractivity contribution in [1.29, 1.82) is 0 Å². The van der Waals surface area contributed by atoms with Gasteiger partial charge in [-0.3, -0.25) is 4.79 Å². The molecule has 0 aliphatic heterocycles.